The SMILES string of the molecule is C=C/C=C/CO. The minimum Gasteiger partial charge on any atom is -0.392 e. The largest absolute Gasteiger partial charge is 0.392 e. The van der Waals surface area contributed by atoms with Gasteiger partial charge in [0.05, 0.1) is 6.61 Å². The fourth-order valence-electron chi connectivity index (χ4n) is 0.157. The van der Waals surface area contributed by atoms with Crippen LogP contribution >= 0.6 is 0 Å². The highest BCUT2D eigenvalue weighted by Gasteiger charge is 1.55. The molecule has 0 radical (unpaired) electrons. The third kappa shape index (κ3) is 3.44. The maximum Gasteiger partial charge on any atom is 0.0615 e. The Hall–Kier alpha value is -0.560. The zero-order valence-corrected chi connectivity index (χ0v) is 3.59. The van der Waals surface area contributed by atoms with E-state index in [0.717, 1.165) is 0 Å². The molecule has 0 aliphatic carbocycles. The molecule has 1 nitrogen and oxygen atoms in total. The van der Waals surface area contributed by atoms with E-state index in [1.165, 1.54) is 0 Å². The Morgan fingerprint density at radius 2 is 2.33 bits per heavy atom. The molecule has 34 valence electrons. The number of hydrogen-bond donors (Lipinski definition) is 1. The van der Waals surface area contributed by atoms with Crippen molar-refractivity contribution >= 4 is 0 Å². The zero-order valence-electron chi connectivity index (χ0n) is 3.59. The number of rotatable bonds is 2. The summed E-state index contributed by atoms with van der Waals surface area (Å²) in [5.41, 5.74) is 0. The fraction of sp³-hybridized carbons (Fsp3) is 0.200. The van der Waals surface area contributed by atoms with Crippen molar-refractivity contribution in [2.75, 3.05) is 6.61 Å². The molecule has 0 fully saturated rings. The van der Waals surface area contributed by atoms with Gasteiger partial charge < -0.3 is 5.11 Å². The topological polar surface area (TPSA) is 20.2 Å². The van der Waals surface area contributed by atoms with Gasteiger partial charge in [0.25, 0.3) is 0 Å². The van der Waals surface area contributed by atoms with Crippen molar-refractivity contribution in [3.63, 3.8) is 0 Å². The van der Waals surface area contributed by atoms with Gasteiger partial charge in [-0.25, -0.2) is 0 Å². The van der Waals surface area contributed by atoms with Crippen LogP contribution in [0, 0.1) is 0 Å². The van der Waals surface area contributed by atoms with Crippen LogP contribution in [0.4, 0.5) is 0 Å². The van der Waals surface area contributed by atoms with E-state index in [0.29, 0.717) is 0 Å². The summed E-state index contributed by atoms with van der Waals surface area (Å²) in [4.78, 5) is 0. The van der Waals surface area contributed by atoms with Gasteiger partial charge in [-0.1, -0.05) is 24.8 Å². The third-order valence-electron chi connectivity index (χ3n) is 0.378. The summed E-state index contributed by atoms with van der Waals surface area (Å²) >= 11 is 0. The van der Waals surface area contributed by atoms with E-state index in [2.05, 4.69) is 6.58 Å². The van der Waals surface area contributed by atoms with Gasteiger partial charge in [0.2, 0.25) is 0 Å². The molecule has 0 rings (SSSR count). The lowest BCUT2D eigenvalue weighted by atomic mass is 10.5. The summed E-state index contributed by atoms with van der Waals surface area (Å²) in [6.07, 6.45) is 4.93. The lowest BCUT2D eigenvalue weighted by Crippen LogP contribution is -1.66. The number of aliphatic hydroxyl groups is 1. The van der Waals surface area contributed by atoms with E-state index in [-0.39, 0.29) is 6.61 Å². The maximum absolute atomic E-state index is 8.06. The molecule has 1 N–H and O–H groups in total. The predicted octanol–water partition coefficient (Wildman–Crippen LogP) is 0.721. The van der Waals surface area contributed by atoms with Crippen molar-refractivity contribution in [2.24, 2.45) is 0 Å². The molecule has 0 bridgehead atoms. The Morgan fingerprint density at radius 3 is 2.50 bits per heavy atom. The molecule has 0 atom stereocenters. The van der Waals surface area contributed by atoms with E-state index in [9.17, 15) is 0 Å². The predicted molar refractivity (Wildman–Crippen MR) is 26.4 cm³/mol. The minimum absolute atomic E-state index is 0.103. The summed E-state index contributed by atoms with van der Waals surface area (Å²) in [5, 5.41) is 8.06. The molecule has 1 heteroatoms. The van der Waals surface area contributed by atoms with Crippen molar-refractivity contribution in [3.05, 3.63) is 24.8 Å². The Labute approximate surface area is 37.6 Å². The molecular weight excluding hydrogens is 76.1 g/mol. The van der Waals surface area contributed by atoms with Crippen LogP contribution in [0.5, 0.6) is 0 Å². The first-order valence-electron chi connectivity index (χ1n) is 1.80. The molecule has 0 aromatic heterocycles. The van der Waals surface area contributed by atoms with Crippen LogP contribution < -0.4 is 0 Å². The molecule has 0 saturated carbocycles. The van der Waals surface area contributed by atoms with Gasteiger partial charge in [-0.05, 0) is 0 Å². The van der Waals surface area contributed by atoms with Crippen molar-refractivity contribution in [2.45, 2.75) is 0 Å². The average Bonchev–Trinajstić information content (AvgIpc) is 1.61. The highest BCUT2D eigenvalue weighted by atomic mass is 16.2. The molecule has 0 aliphatic rings. The molecule has 0 heterocycles. The second-order valence-corrected chi connectivity index (χ2v) is 0.846. The first-order chi connectivity index (χ1) is 2.91. The average molecular weight is 84.1 g/mol. The Kier molecular flexibility index (Phi) is 4.03. The van der Waals surface area contributed by atoms with Gasteiger partial charge in [-0.15, -0.1) is 0 Å². The Bertz CT molecular complexity index is 55.0. The van der Waals surface area contributed by atoms with E-state index in [1.807, 2.05) is 0 Å². The van der Waals surface area contributed by atoms with Gasteiger partial charge in [-0.3, -0.25) is 0 Å². The van der Waals surface area contributed by atoms with Crippen molar-refractivity contribution < 1.29 is 5.11 Å². The Morgan fingerprint density at radius 1 is 1.67 bits per heavy atom. The van der Waals surface area contributed by atoms with Gasteiger partial charge >= 0.3 is 0 Å². The lowest BCUT2D eigenvalue weighted by Gasteiger charge is -1.68. The van der Waals surface area contributed by atoms with Crippen LogP contribution in [0.3, 0.4) is 0 Å². The first kappa shape index (κ1) is 5.44. The third-order valence-corrected chi connectivity index (χ3v) is 0.378. The van der Waals surface area contributed by atoms with Gasteiger partial charge in [-0.2, -0.15) is 0 Å². The molecule has 0 aromatic carbocycles. The van der Waals surface area contributed by atoms with Gasteiger partial charge in [0.1, 0.15) is 0 Å². The van der Waals surface area contributed by atoms with Crippen molar-refractivity contribution in [1.29, 1.82) is 0 Å². The summed E-state index contributed by atoms with van der Waals surface area (Å²) in [5.74, 6) is 0. The highest BCUT2D eigenvalue weighted by molar-refractivity contribution is 4.96. The molecule has 0 amide bonds. The van der Waals surface area contributed by atoms with Crippen LogP contribution in [0.25, 0.3) is 0 Å². The van der Waals surface area contributed by atoms with Gasteiger partial charge in [0.15, 0.2) is 0 Å². The monoisotopic (exact) mass is 84.1 g/mol. The Balaban J connectivity index is 2.94. The van der Waals surface area contributed by atoms with Crippen LogP contribution in [0.15, 0.2) is 24.8 Å². The minimum atomic E-state index is 0.103. The lowest BCUT2D eigenvalue weighted by molar-refractivity contribution is 0.343. The normalized spacial score (nSPS) is 9.50. The number of hydrogen-bond acceptors (Lipinski definition) is 1. The number of aliphatic hydroxyl groups excluding tert-OH is 1. The summed E-state index contributed by atoms with van der Waals surface area (Å²) in [7, 11) is 0. The van der Waals surface area contributed by atoms with Crippen LogP contribution in [-0.4, -0.2) is 11.7 Å². The van der Waals surface area contributed by atoms with Gasteiger partial charge in [0, 0.05) is 0 Å². The van der Waals surface area contributed by atoms with Crippen molar-refractivity contribution in [3.8, 4) is 0 Å². The van der Waals surface area contributed by atoms with Crippen molar-refractivity contribution in [1.82, 2.24) is 0 Å². The van der Waals surface area contributed by atoms with Crippen LogP contribution in [0.1, 0.15) is 0 Å². The molecule has 0 aromatic rings. The second-order valence-electron chi connectivity index (χ2n) is 0.846. The molecule has 0 spiro atoms. The second kappa shape index (κ2) is 4.44. The summed E-state index contributed by atoms with van der Waals surface area (Å²) in [6.45, 7) is 3.50. The molecule has 6 heavy (non-hydrogen) atoms. The summed E-state index contributed by atoms with van der Waals surface area (Å²) < 4.78 is 0. The molecule has 0 saturated heterocycles. The maximum atomic E-state index is 8.06. The molecule has 0 aliphatic heterocycles. The van der Waals surface area contributed by atoms with E-state index < -0.39 is 0 Å². The van der Waals surface area contributed by atoms with E-state index in [4.69, 9.17) is 5.11 Å². The zero-order chi connectivity index (χ0) is 4.83. The summed E-state index contributed by atoms with van der Waals surface area (Å²) in [6, 6.07) is 0. The fourth-order valence-corrected chi connectivity index (χ4v) is 0.157. The molecule has 0 unspecified atom stereocenters. The smallest absolute Gasteiger partial charge is 0.0615 e. The van der Waals surface area contributed by atoms with E-state index in [1.54, 1.807) is 18.2 Å². The highest BCUT2D eigenvalue weighted by Crippen LogP contribution is 1.66. The molecular formula is C5H8O. The standard InChI is InChI=1S/C5H8O/c1-2-3-4-5-6/h2-4,6H,1,5H2/b4-3+. The van der Waals surface area contributed by atoms with Crippen LogP contribution in [-0.2, 0) is 0 Å². The first-order valence-corrected chi connectivity index (χ1v) is 1.80. The number of allylic oxidation sites excluding steroid dienone is 2. The van der Waals surface area contributed by atoms with E-state index >= 15 is 0 Å². The quantitative estimate of drug-likeness (QED) is 0.489. The van der Waals surface area contributed by atoms with Crippen LogP contribution in [0.2, 0.25) is 0 Å².